The van der Waals surface area contributed by atoms with Crippen molar-refractivity contribution < 1.29 is 0 Å². The first kappa shape index (κ1) is 7.97. The average molecular weight is 170 g/mol. The lowest BCUT2D eigenvalue weighted by atomic mass is 10.3. The van der Waals surface area contributed by atoms with E-state index in [1.54, 1.807) is 0 Å². The van der Waals surface area contributed by atoms with Crippen LogP contribution in [0.4, 0.5) is 0 Å². The number of rotatable bonds is 6. The molecule has 2 aliphatic rings. The molecule has 0 atom stereocenters. The van der Waals surface area contributed by atoms with Crippen molar-refractivity contribution in [2.75, 3.05) is 11.5 Å². The molecule has 0 saturated heterocycles. The third-order valence-corrected chi connectivity index (χ3v) is 3.78. The second-order valence-electron chi connectivity index (χ2n) is 4.08. The summed E-state index contributed by atoms with van der Waals surface area (Å²) < 4.78 is 0. The van der Waals surface area contributed by atoms with Crippen LogP contribution < -0.4 is 0 Å². The first-order valence-electron chi connectivity index (χ1n) is 5.03. The van der Waals surface area contributed by atoms with Gasteiger partial charge in [-0.05, 0) is 36.2 Å². The standard InChI is InChI=1S/C10H18S/c1-2-9(1)5-7-11-8-6-10-3-4-10/h9-10H,1-8H2. The first-order chi connectivity index (χ1) is 5.45. The zero-order valence-corrected chi connectivity index (χ0v) is 8.04. The van der Waals surface area contributed by atoms with Crippen LogP contribution in [0.1, 0.15) is 38.5 Å². The Morgan fingerprint density at radius 3 is 1.64 bits per heavy atom. The summed E-state index contributed by atoms with van der Waals surface area (Å²) in [6, 6.07) is 0. The van der Waals surface area contributed by atoms with Crippen LogP contribution in [0.15, 0.2) is 0 Å². The Morgan fingerprint density at radius 1 is 0.818 bits per heavy atom. The third kappa shape index (κ3) is 3.50. The van der Waals surface area contributed by atoms with Gasteiger partial charge in [-0.1, -0.05) is 25.7 Å². The molecule has 0 amide bonds. The van der Waals surface area contributed by atoms with Gasteiger partial charge in [-0.25, -0.2) is 0 Å². The lowest BCUT2D eigenvalue weighted by Crippen LogP contribution is -1.86. The highest BCUT2D eigenvalue weighted by Gasteiger charge is 2.21. The molecule has 0 N–H and O–H groups in total. The summed E-state index contributed by atoms with van der Waals surface area (Å²) in [7, 11) is 0. The van der Waals surface area contributed by atoms with E-state index in [9.17, 15) is 0 Å². The predicted octanol–water partition coefficient (Wildman–Crippen LogP) is 3.32. The van der Waals surface area contributed by atoms with Crippen LogP contribution in [0.25, 0.3) is 0 Å². The summed E-state index contributed by atoms with van der Waals surface area (Å²) in [5, 5.41) is 0. The zero-order chi connectivity index (χ0) is 7.52. The second kappa shape index (κ2) is 3.84. The Balaban J connectivity index is 1.35. The Morgan fingerprint density at radius 2 is 1.27 bits per heavy atom. The van der Waals surface area contributed by atoms with Gasteiger partial charge in [-0.2, -0.15) is 11.8 Å². The molecule has 0 aromatic carbocycles. The van der Waals surface area contributed by atoms with Crippen molar-refractivity contribution in [2.45, 2.75) is 38.5 Å². The molecule has 0 aromatic rings. The number of hydrogen-bond donors (Lipinski definition) is 0. The van der Waals surface area contributed by atoms with Crippen molar-refractivity contribution in [3.63, 3.8) is 0 Å². The number of hydrogen-bond acceptors (Lipinski definition) is 1. The van der Waals surface area contributed by atoms with Crippen molar-refractivity contribution >= 4 is 11.8 Å². The topological polar surface area (TPSA) is 0 Å². The van der Waals surface area contributed by atoms with Gasteiger partial charge in [0.1, 0.15) is 0 Å². The maximum Gasteiger partial charge on any atom is -0.00649 e. The van der Waals surface area contributed by atoms with Crippen molar-refractivity contribution in [1.82, 2.24) is 0 Å². The zero-order valence-electron chi connectivity index (χ0n) is 7.22. The molecule has 0 aliphatic heterocycles. The Labute approximate surface area is 74.1 Å². The quantitative estimate of drug-likeness (QED) is 0.551. The van der Waals surface area contributed by atoms with E-state index in [-0.39, 0.29) is 0 Å². The van der Waals surface area contributed by atoms with Gasteiger partial charge in [-0.3, -0.25) is 0 Å². The highest BCUT2D eigenvalue weighted by Crippen LogP contribution is 2.35. The van der Waals surface area contributed by atoms with Gasteiger partial charge in [0.25, 0.3) is 0 Å². The van der Waals surface area contributed by atoms with Crippen molar-refractivity contribution in [1.29, 1.82) is 0 Å². The van der Waals surface area contributed by atoms with E-state index in [0.29, 0.717) is 0 Å². The largest absolute Gasteiger partial charge is 0.162 e. The highest BCUT2D eigenvalue weighted by atomic mass is 32.2. The smallest absolute Gasteiger partial charge is 0.00649 e. The molecule has 0 spiro atoms. The van der Waals surface area contributed by atoms with E-state index in [0.717, 1.165) is 11.8 Å². The van der Waals surface area contributed by atoms with Gasteiger partial charge < -0.3 is 0 Å². The van der Waals surface area contributed by atoms with Gasteiger partial charge in [-0.15, -0.1) is 0 Å². The fraction of sp³-hybridized carbons (Fsp3) is 1.00. The van der Waals surface area contributed by atoms with Crippen LogP contribution >= 0.6 is 11.8 Å². The van der Waals surface area contributed by atoms with Crippen LogP contribution in [0.2, 0.25) is 0 Å². The molecule has 0 radical (unpaired) electrons. The molecule has 0 aromatic heterocycles. The van der Waals surface area contributed by atoms with E-state index in [4.69, 9.17) is 0 Å². The average Bonchev–Trinajstić information content (AvgIpc) is 2.83. The van der Waals surface area contributed by atoms with Gasteiger partial charge in [0.05, 0.1) is 0 Å². The third-order valence-electron chi connectivity index (χ3n) is 2.73. The van der Waals surface area contributed by atoms with Crippen LogP contribution in [0, 0.1) is 11.8 Å². The van der Waals surface area contributed by atoms with E-state index in [2.05, 4.69) is 11.8 Å². The van der Waals surface area contributed by atoms with E-state index in [1.165, 1.54) is 50.0 Å². The summed E-state index contributed by atoms with van der Waals surface area (Å²) >= 11 is 2.19. The predicted molar refractivity (Wildman–Crippen MR) is 52.0 cm³/mol. The van der Waals surface area contributed by atoms with Crippen molar-refractivity contribution in [3.05, 3.63) is 0 Å². The van der Waals surface area contributed by atoms with E-state index < -0.39 is 0 Å². The van der Waals surface area contributed by atoms with Gasteiger partial charge in [0.15, 0.2) is 0 Å². The van der Waals surface area contributed by atoms with E-state index >= 15 is 0 Å². The molecule has 2 aliphatic carbocycles. The molecule has 0 unspecified atom stereocenters. The molecular formula is C10H18S. The van der Waals surface area contributed by atoms with Crippen molar-refractivity contribution in [3.8, 4) is 0 Å². The Kier molecular flexibility index (Phi) is 2.78. The molecule has 0 nitrogen and oxygen atoms in total. The van der Waals surface area contributed by atoms with Gasteiger partial charge in [0, 0.05) is 0 Å². The van der Waals surface area contributed by atoms with Gasteiger partial charge >= 0.3 is 0 Å². The maximum absolute atomic E-state index is 2.19. The molecule has 2 saturated carbocycles. The second-order valence-corrected chi connectivity index (χ2v) is 5.30. The summed E-state index contributed by atoms with van der Waals surface area (Å²) in [4.78, 5) is 0. The van der Waals surface area contributed by atoms with Crippen LogP contribution in [-0.2, 0) is 0 Å². The minimum Gasteiger partial charge on any atom is -0.162 e. The number of thioether (sulfide) groups is 1. The van der Waals surface area contributed by atoms with Crippen LogP contribution in [-0.4, -0.2) is 11.5 Å². The summed E-state index contributed by atoms with van der Waals surface area (Å²) in [5.74, 6) is 5.17. The lowest BCUT2D eigenvalue weighted by Gasteiger charge is -1.98. The molecular weight excluding hydrogens is 152 g/mol. The van der Waals surface area contributed by atoms with Crippen LogP contribution in [0.3, 0.4) is 0 Å². The normalized spacial score (nSPS) is 24.0. The molecule has 1 heteroatoms. The van der Waals surface area contributed by atoms with E-state index in [1.807, 2.05) is 0 Å². The molecule has 2 rings (SSSR count). The fourth-order valence-electron chi connectivity index (χ4n) is 1.42. The van der Waals surface area contributed by atoms with Crippen molar-refractivity contribution in [2.24, 2.45) is 11.8 Å². The maximum atomic E-state index is 2.19. The SMILES string of the molecule is C(CC1CC1)SCCC1CC1. The molecule has 0 heterocycles. The summed E-state index contributed by atoms with van der Waals surface area (Å²) in [6.07, 6.45) is 9.14. The molecule has 64 valence electrons. The molecule has 2 fully saturated rings. The monoisotopic (exact) mass is 170 g/mol. The highest BCUT2D eigenvalue weighted by molar-refractivity contribution is 7.99. The fourth-order valence-corrected chi connectivity index (χ4v) is 2.62. The Hall–Kier alpha value is 0.350. The summed E-state index contributed by atoms with van der Waals surface area (Å²) in [5.41, 5.74) is 0. The van der Waals surface area contributed by atoms with Crippen LogP contribution in [0.5, 0.6) is 0 Å². The minimum atomic E-state index is 1.14. The minimum absolute atomic E-state index is 1.14. The first-order valence-corrected chi connectivity index (χ1v) is 6.18. The molecule has 0 bridgehead atoms. The lowest BCUT2D eigenvalue weighted by molar-refractivity contribution is 0.794. The van der Waals surface area contributed by atoms with Gasteiger partial charge in [0.2, 0.25) is 0 Å². The Bertz CT molecular complexity index is 100. The summed E-state index contributed by atoms with van der Waals surface area (Å²) in [6.45, 7) is 0. The molecule has 11 heavy (non-hydrogen) atoms.